The highest BCUT2D eigenvalue weighted by Crippen LogP contribution is 2.40. The first-order valence-electron chi connectivity index (χ1n) is 11.8. The molecule has 2 heteroatoms. The number of aromatic nitrogens is 1. The minimum Gasteiger partial charge on any atom is -0.252 e. The van der Waals surface area contributed by atoms with Crippen LogP contribution < -0.4 is 0 Å². The van der Waals surface area contributed by atoms with Crippen LogP contribution in [0.25, 0.3) is 65.5 Å². The zero-order valence-corrected chi connectivity index (χ0v) is 19.2. The number of benzene rings is 6. The van der Waals surface area contributed by atoms with Gasteiger partial charge in [0.2, 0.25) is 0 Å². The van der Waals surface area contributed by atoms with Crippen LogP contribution in [0, 0.1) is 18.3 Å². The van der Waals surface area contributed by atoms with Crippen LogP contribution in [0.3, 0.4) is 0 Å². The van der Waals surface area contributed by atoms with Crippen molar-refractivity contribution in [3.8, 4) is 28.5 Å². The number of pyridine rings is 1. The van der Waals surface area contributed by atoms with Gasteiger partial charge in [-0.05, 0) is 61.6 Å². The van der Waals surface area contributed by atoms with Gasteiger partial charge < -0.3 is 0 Å². The molecule has 7 aromatic rings. The molecular formula is C33H20N2. The average molecular weight is 445 g/mol. The van der Waals surface area contributed by atoms with Gasteiger partial charge in [0.1, 0.15) is 6.07 Å². The van der Waals surface area contributed by atoms with Gasteiger partial charge in [0.05, 0.1) is 17.0 Å². The number of nitriles is 1. The molecule has 0 radical (unpaired) electrons. The largest absolute Gasteiger partial charge is 0.252 e. The summed E-state index contributed by atoms with van der Waals surface area (Å²) >= 11 is 0. The predicted molar refractivity (Wildman–Crippen MR) is 146 cm³/mol. The van der Waals surface area contributed by atoms with Crippen molar-refractivity contribution in [1.82, 2.24) is 4.98 Å². The maximum absolute atomic E-state index is 10.1. The number of rotatable bonds is 2. The van der Waals surface area contributed by atoms with Crippen molar-refractivity contribution in [2.75, 3.05) is 0 Å². The maximum Gasteiger partial charge on any atom is 0.102 e. The van der Waals surface area contributed by atoms with E-state index in [1.807, 2.05) is 19.1 Å². The van der Waals surface area contributed by atoms with Gasteiger partial charge in [0.25, 0.3) is 0 Å². The normalized spacial score (nSPS) is 11.5. The maximum atomic E-state index is 10.1. The lowest BCUT2D eigenvalue weighted by Crippen LogP contribution is -1.97. The van der Waals surface area contributed by atoms with Crippen molar-refractivity contribution >= 4 is 43.1 Å². The Morgan fingerprint density at radius 3 is 2.06 bits per heavy atom. The van der Waals surface area contributed by atoms with Gasteiger partial charge in [-0.3, -0.25) is 4.98 Å². The second-order valence-corrected chi connectivity index (χ2v) is 9.12. The van der Waals surface area contributed by atoms with Gasteiger partial charge in [-0.2, -0.15) is 5.26 Å². The van der Waals surface area contributed by atoms with Gasteiger partial charge >= 0.3 is 0 Å². The van der Waals surface area contributed by atoms with E-state index >= 15 is 0 Å². The minimum atomic E-state index is 0.628. The lowest BCUT2D eigenvalue weighted by atomic mass is 9.89. The standard InChI is InChI=1S/C33H20N2/c1-20-30(19-34)29(26-11-5-7-21-6-2-3-10-25(21)26)18-31(35-20)27-16-14-24-13-12-22-8-4-9-23-15-17-28(27)33(24)32(22)23/h2-18H,1H3. The summed E-state index contributed by atoms with van der Waals surface area (Å²) in [5.74, 6) is 0. The quantitative estimate of drug-likeness (QED) is 0.250. The summed E-state index contributed by atoms with van der Waals surface area (Å²) < 4.78 is 0. The Kier molecular flexibility index (Phi) is 4.16. The van der Waals surface area contributed by atoms with E-state index in [9.17, 15) is 5.26 Å². The van der Waals surface area contributed by atoms with Crippen LogP contribution in [-0.2, 0) is 0 Å². The third-order valence-corrected chi connectivity index (χ3v) is 7.20. The second kappa shape index (κ2) is 7.38. The van der Waals surface area contributed by atoms with Crippen LogP contribution in [0.1, 0.15) is 11.3 Å². The molecule has 0 saturated carbocycles. The molecule has 1 aromatic heterocycles. The lowest BCUT2D eigenvalue weighted by Gasteiger charge is -2.16. The average Bonchev–Trinajstić information content (AvgIpc) is 2.91. The number of aryl methyl sites for hydroxylation is 1. The molecule has 35 heavy (non-hydrogen) atoms. The highest BCUT2D eigenvalue weighted by Gasteiger charge is 2.17. The summed E-state index contributed by atoms with van der Waals surface area (Å²) in [7, 11) is 0. The fourth-order valence-corrected chi connectivity index (χ4v) is 5.58. The molecule has 0 amide bonds. The van der Waals surface area contributed by atoms with Gasteiger partial charge in [-0.1, -0.05) is 97.1 Å². The molecule has 0 spiro atoms. The zero-order chi connectivity index (χ0) is 23.5. The van der Waals surface area contributed by atoms with Crippen LogP contribution in [0.4, 0.5) is 0 Å². The molecule has 1 heterocycles. The Morgan fingerprint density at radius 1 is 0.571 bits per heavy atom. The summed E-state index contributed by atoms with van der Waals surface area (Å²) in [4.78, 5) is 4.94. The molecule has 0 atom stereocenters. The van der Waals surface area contributed by atoms with E-state index in [2.05, 4.69) is 97.1 Å². The molecule has 7 rings (SSSR count). The van der Waals surface area contributed by atoms with Crippen LogP contribution >= 0.6 is 0 Å². The minimum absolute atomic E-state index is 0.628. The highest BCUT2D eigenvalue weighted by atomic mass is 14.7. The molecule has 0 unspecified atom stereocenters. The Balaban J connectivity index is 1.56. The van der Waals surface area contributed by atoms with E-state index in [-0.39, 0.29) is 0 Å². The van der Waals surface area contributed by atoms with Crippen molar-refractivity contribution in [1.29, 1.82) is 5.26 Å². The summed E-state index contributed by atoms with van der Waals surface area (Å²) in [6, 6.07) is 38.8. The molecule has 0 aliphatic rings. The molecule has 6 aromatic carbocycles. The number of nitrogens with zero attached hydrogens (tertiary/aromatic N) is 2. The molecule has 162 valence electrons. The highest BCUT2D eigenvalue weighted by molar-refractivity contribution is 6.25. The molecule has 2 nitrogen and oxygen atoms in total. The zero-order valence-electron chi connectivity index (χ0n) is 19.2. The first kappa shape index (κ1) is 19.7. The Bertz CT molecular complexity index is 1950. The van der Waals surface area contributed by atoms with Crippen LogP contribution in [0.5, 0.6) is 0 Å². The van der Waals surface area contributed by atoms with Crippen molar-refractivity contribution in [2.24, 2.45) is 0 Å². The monoisotopic (exact) mass is 444 g/mol. The number of hydrogen-bond acceptors (Lipinski definition) is 2. The van der Waals surface area contributed by atoms with Crippen molar-refractivity contribution in [3.05, 3.63) is 114 Å². The fourth-order valence-electron chi connectivity index (χ4n) is 5.58. The topological polar surface area (TPSA) is 36.7 Å². The molecule has 0 aliphatic carbocycles. The second-order valence-electron chi connectivity index (χ2n) is 9.12. The molecular weight excluding hydrogens is 424 g/mol. The third kappa shape index (κ3) is 2.86. The Labute approximate surface area is 203 Å². The van der Waals surface area contributed by atoms with E-state index in [0.717, 1.165) is 38.9 Å². The molecule has 0 bridgehead atoms. The van der Waals surface area contributed by atoms with E-state index in [4.69, 9.17) is 4.98 Å². The first-order chi connectivity index (χ1) is 17.2. The Morgan fingerprint density at radius 2 is 1.23 bits per heavy atom. The fraction of sp³-hybridized carbons (Fsp3) is 0.0303. The summed E-state index contributed by atoms with van der Waals surface area (Å²) in [6.07, 6.45) is 0. The lowest BCUT2D eigenvalue weighted by molar-refractivity contribution is 1.19. The number of fused-ring (bicyclic) bond motifs is 1. The van der Waals surface area contributed by atoms with E-state index in [1.54, 1.807) is 0 Å². The van der Waals surface area contributed by atoms with E-state index in [0.29, 0.717) is 5.56 Å². The van der Waals surface area contributed by atoms with Crippen molar-refractivity contribution in [3.63, 3.8) is 0 Å². The summed E-state index contributed by atoms with van der Waals surface area (Å²) in [5.41, 5.74) is 5.34. The predicted octanol–water partition coefficient (Wildman–Crippen LogP) is 8.65. The number of hydrogen-bond donors (Lipinski definition) is 0. The van der Waals surface area contributed by atoms with Crippen LogP contribution in [0.2, 0.25) is 0 Å². The van der Waals surface area contributed by atoms with Crippen LogP contribution in [-0.4, -0.2) is 4.98 Å². The van der Waals surface area contributed by atoms with Crippen molar-refractivity contribution < 1.29 is 0 Å². The SMILES string of the molecule is Cc1nc(-c2ccc3ccc4cccc5ccc2c3c45)cc(-c2cccc3ccccc23)c1C#N. The smallest absolute Gasteiger partial charge is 0.102 e. The van der Waals surface area contributed by atoms with Crippen LogP contribution in [0.15, 0.2) is 103 Å². The molecule has 0 N–H and O–H groups in total. The van der Waals surface area contributed by atoms with Gasteiger partial charge in [0, 0.05) is 11.1 Å². The van der Waals surface area contributed by atoms with Crippen molar-refractivity contribution in [2.45, 2.75) is 6.92 Å². The van der Waals surface area contributed by atoms with E-state index in [1.165, 1.54) is 32.3 Å². The third-order valence-electron chi connectivity index (χ3n) is 7.20. The first-order valence-corrected chi connectivity index (χ1v) is 11.8. The van der Waals surface area contributed by atoms with Gasteiger partial charge in [-0.15, -0.1) is 0 Å². The molecule has 0 saturated heterocycles. The van der Waals surface area contributed by atoms with Gasteiger partial charge in [0.15, 0.2) is 0 Å². The van der Waals surface area contributed by atoms with E-state index < -0.39 is 0 Å². The molecule has 0 aliphatic heterocycles. The Hall–Kier alpha value is -4.74. The van der Waals surface area contributed by atoms with Gasteiger partial charge in [-0.25, -0.2) is 0 Å². The molecule has 0 fully saturated rings. The summed E-state index contributed by atoms with van der Waals surface area (Å²) in [6.45, 7) is 1.94. The summed E-state index contributed by atoms with van der Waals surface area (Å²) in [5, 5.41) is 19.8.